The molecule has 14 heavy (non-hydrogen) atoms. The van der Waals surface area contributed by atoms with E-state index < -0.39 is 0 Å². The molecule has 3 nitrogen and oxygen atoms in total. The van der Waals surface area contributed by atoms with Crippen molar-refractivity contribution in [3.05, 3.63) is 28.2 Å². The summed E-state index contributed by atoms with van der Waals surface area (Å²) in [6.07, 6.45) is 0. The first-order valence-corrected chi connectivity index (χ1v) is 4.62. The van der Waals surface area contributed by atoms with Gasteiger partial charge in [-0.25, -0.2) is 0 Å². The molecule has 0 aliphatic rings. The topological polar surface area (TPSA) is 38.3 Å². The van der Waals surface area contributed by atoms with Crippen molar-refractivity contribution < 1.29 is 9.53 Å². The maximum absolute atomic E-state index is 11.1. The van der Waals surface area contributed by atoms with E-state index in [1.54, 1.807) is 18.2 Å². The van der Waals surface area contributed by atoms with Gasteiger partial charge in [0.25, 0.3) is 0 Å². The van der Waals surface area contributed by atoms with E-state index in [2.05, 4.69) is 10.1 Å². The first-order chi connectivity index (χ1) is 6.61. The normalized spacial score (nSPS) is 9.93. The van der Waals surface area contributed by atoms with Gasteiger partial charge in [-0.3, -0.25) is 4.79 Å². The molecule has 1 amide bonds. The summed E-state index contributed by atoms with van der Waals surface area (Å²) in [5.74, 6) is -0.245. The highest BCUT2D eigenvalue weighted by Crippen LogP contribution is 2.22. The lowest BCUT2D eigenvalue weighted by atomic mass is 10.3. The van der Waals surface area contributed by atoms with Gasteiger partial charge in [-0.2, -0.15) is 0 Å². The van der Waals surface area contributed by atoms with E-state index in [-0.39, 0.29) is 12.5 Å². The molecule has 1 rings (SSSR count). The predicted molar refractivity (Wildman–Crippen MR) is 57.0 cm³/mol. The minimum atomic E-state index is -0.245. The highest BCUT2D eigenvalue weighted by molar-refractivity contribution is 6.35. The van der Waals surface area contributed by atoms with Gasteiger partial charge in [-0.05, 0) is 18.2 Å². The number of nitrogens with one attached hydrogen (secondary N) is 1. The fourth-order valence-corrected chi connectivity index (χ4v) is 1.48. The van der Waals surface area contributed by atoms with Gasteiger partial charge in [-0.15, -0.1) is 0 Å². The lowest BCUT2D eigenvalue weighted by Gasteiger charge is -2.05. The summed E-state index contributed by atoms with van der Waals surface area (Å²) in [6.45, 7) is 0.00410. The van der Waals surface area contributed by atoms with Gasteiger partial charge in [0, 0.05) is 22.8 Å². The molecule has 0 fully saturated rings. The van der Waals surface area contributed by atoms with Crippen LogP contribution < -0.4 is 5.32 Å². The first-order valence-electron chi connectivity index (χ1n) is 3.86. The van der Waals surface area contributed by atoms with Gasteiger partial charge in [0.15, 0.2) is 0 Å². The Kier molecular flexibility index (Phi) is 4.20. The Balaban J connectivity index is 2.71. The quantitative estimate of drug-likeness (QED) is 0.872. The molecule has 76 valence electrons. The summed E-state index contributed by atoms with van der Waals surface area (Å²) in [5.41, 5.74) is 0.560. The van der Waals surface area contributed by atoms with Crippen LogP contribution in [0.25, 0.3) is 0 Å². The fourth-order valence-electron chi connectivity index (χ4n) is 0.954. The molecule has 0 spiro atoms. The summed E-state index contributed by atoms with van der Waals surface area (Å²) in [7, 11) is 1.45. The van der Waals surface area contributed by atoms with Crippen LogP contribution in [0.1, 0.15) is 0 Å². The zero-order chi connectivity index (χ0) is 10.6. The third-order valence-electron chi connectivity index (χ3n) is 1.42. The van der Waals surface area contributed by atoms with E-state index in [0.29, 0.717) is 15.7 Å². The molecule has 0 saturated carbocycles. The maximum Gasteiger partial charge on any atom is 0.250 e. The summed E-state index contributed by atoms with van der Waals surface area (Å²) in [6, 6.07) is 4.82. The molecule has 0 saturated heterocycles. The summed E-state index contributed by atoms with van der Waals surface area (Å²) in [4.78, 5) is 11.1. The Morgan fingerprint density at radius 1 is 1.36 bits per heavy atom. The van der Waals surface area contributed by atoms with Crippen LogP contribution in [0.5, 0.6) is 0 Å². The molecule has 0 bridgehead atoms. The SMILES string of the molecule is COCC(=O)Nc1cc(Cl)cc(Cl)c1. The number of methoxy groups -OCH3 is 1. The van der Waals surface area contributed by atoms with Crippen LogP contribution in [-0.2, 0) is 9.53 Å². The van der Waals surface area contributed by atoms with Gasteiger partial charge < -0.3 is 10.1 Å². The molecule has 0 atom stereocenters. The molecule has 1 N–H and O–H groups in total. The highest BCUT2D eigenvalue weighted by Gasteiger charge is 2.02. The van der Waals surface area contributed by atoms with Gasteiger partial charge in [0.05, 0.1) is 0 Å². The minimum Gasteiger partial charge on any atom is -0.375 e. The van der Waals surface area contributed by atoms with Gasteiger partial charge >= 0.3 is 0 Å². The fraction of sp³-hybridized carbons (Fsp3) is 0.222. The summed E-state index contributed by atoms with van der Waals surface area (Å²) >= 11 is 11.5. The smallest absolute Gasteiger partial charge is 0.250 e. The Hall–Kier alpha value is -0.770. The van der Waals surface area contributed by atoms with Gasteiger partial charge in [0.1, 0.15) is 6.61 Å². The van der Waals surface area contributed by atoms with Crippen molar-refractivity contribution in [3.63, 3.8) is 0 Å². The Labute approximate surface area is 92.0 Å². The number of rotatable bonds is 3. The molecular formula is C9H9Cl2NO2. The second kappa shape index (κ2) is 5.20. The van der Waals surface area contributed by atoms with Crippen LogP contribution in [-0.4, -0.2) is 19.6 Å². The van der Waals surface area contributed by atoms with Gasteiger partial charge in [0.2, 0.25) is 5.91 Å². The molecule has 0 aliphatic carbocycles. The zero-order valence-electron chi connectivity index (χ0n) is 7.51. The summed E-state index contributed by atoms with van der Waals surface area (Å²) < 4.78 is 4.66. The lowest BCUT2D eigenvalue weighted by Crippen LogP contribution is -2.16. The van der Waals surface area contributed by atoms with E-state index in [9.17, 15) is 4.79 Å². The van der Waals surface area contributed by atoms with Crippen LogP contribution in [0.2, 0.25) is 10.0 Å². The number of carbonyl (C=O) groups excluding carboxylic acids is 1. The number of hydrogen-bond donors (Lipinski definition) is 1. The Morgan fingerprint density at radius 3 is 2.43 bits per heavy atom. The van der Waals surface area contributed by atoms with E-state index in [1.807, 2.05) is 0 Å². The number of carbonyl (C=O) groups is 1. The second-order valence-corrected chi connectivity index (χ2v) is 3.51. The molecular weight excluding hydrogens is 225 g/mol. The standard InChI is InChI=1S/C9H9Cl2NO2/c1-14-5-9(13)12-8-3-6(10)2-7(11)4-8/h2-4H,5H2,1H3,(H,12,13). The van der Waals surface area contributed by atoms with Crippen LogP contribution in [0, 0.1) is 0 Å². The van der Waals surface area contributed by atoms with Crippen molar-refractivity contribution in [3.8, 4) is 0 Å². The average Bonchev–Trinajstić information content (AvgIpc) is 2.01. The number of amides is 1. The molecule has 0 heterocycles. The molecule has 0 unspecified atom stereocenters. The van der Waals surface area contributed by atoms with Crippen molar-refractivity contribution in [1.82, 2.24) is 0 Å². The van der Waals surface area contributed by atoms with Crippen molar-refractivity contribution >= 4 is 34.8 Å². The van der Waals surface area contributed by atoms with Crippen molar-refractivity contribution in [2.75, 3.05) is 19.0 Å². The molecule has 5 heteroatoms. The molecule has 0 aromatic heterocycles. The predicted octanol–water partition coefficient (Wildman–Crippen LogP) is 2.58. The first kappa shape index (κ1) is 11.3. The number of ether oxygens (including phenoxy) is 1. The second-order valence-electron chi connectivity index (χ2n) is 2.64. The minimum absolute atomic E-state index is 0.00410. The van der Waals surface area contributed by atoms with Crippen molar-refractivity contribution in [1.29, 1.82) is 0 Å². The number of benzene rings is 1. The Bertz CT molecular complexity index is 321. The number of halogens is 2. The van der Waals surface area contributed by atoms with E-state index in [4.69, 9.17) is 23.2 Å². The summed E-state index contributed by atoms with van der Waals surface area (Å²) in [5, 5.41) is 3.55. The number of anilines is 1. The third kappa shape index (κ3) is 3.54. The van der Waals surface area contributed by atoms with Crippen LogP contribution in [0.4, 0.5) is 5.69 Å². The number of hydrogen-bond acceptors (Lipinski definition) is 2. The largest absolute Gasteiger partial charge is 0.375 e. The van der Waals surface area contributed by atoms with Crippen LogP contribution in [0.3, 0.4) is 0 Å². The Morgan fingerprint density at radius 2 is 1.93 bits per heavy atom. The molecule has 0 radical (unpaired) electrons. The van der Waals surface area contributed by atoms with Crippen molar-refractivity contribution in [2.24, 2.45) is 0 Å². The molecule has 1 aromatic rings. The molecule has 1 aromatic carbocycles. The van der Waals surface area contributed by atoms with Gasteiger partial charge in [-0.1, -0.05) is 23.2 Å². The van der Waals surface area contributed by atoms with E-state index in [1.165, 1.54) is 7.11 Å². The highest BCUT2D eigenvalue weighted by atomic mass is 35.5. The average molecular weight is 234 g/mol. The van der Waals surface area contributed by atoms with Crippen molar-refractivity contribution in [2.45, 2.75) is 0 Å². The lowest BCUT2D eigenvalue weighted by molar-refractivity contribution is -0.119. The monoisotopic (exact) mass is 233 g/mol. The van der Waals surface area contributed by atoms with E-state index >= 15 is 0 Å². The zero-order valence-corrected chi connectivity index (χ0v) is 9.02. The third-order valence-corrected chi connectivity index (χ3v) is 1.86. The maximum atomic E-state index is 11.1. The van der Waals surface area contributed by atoms with Crippen LogP contribution >= 0.6 is 23.2 Å². The van der Waals surface area contributed by atoms with E-state index in [0.717, 1.165) is 0 Å². The van der Waals surface area contributed by atoms with Crippen LogP contribution in [0.15, 0.2) is 18.2 Å². The molecule has 0 aliphatic heterocycles.